The first-order valence-electron chi connectivity index (χ1n) is 12.4. The lowest BCUT2D eigenvalue weighted by molar-refractivity contribution is 0.0204. The third kappa shape index (κ3) is 7.00. The number of hydrogen-bond acceptors (Lipinski definition) is 4. The molecule has 6 heteroatoms. The van der Waals surface area contributed by atoms with Gasteiger partial charge in [0.25, 0.3) is 0 Å². The van der Waals surface area contributed by atoms with Crippen LogP contribution in [0.15, 0.2) is 72.8 Å². The van der Waals surface area contributed by atoms with Gasteiger partial charge < -0.3 is 19.1 Å². The molecule has 0 aromatic heterocycles. The van der Waals surface area contributed by atoms with Gasteiger partial charge in [0.15, 0.2) is 11.5 Å². The van der Waals surface area contributed by atoms with Crippen molar-refractivity contribution in [2.75, 3.05) is 13.1 Å². The zero-order valence-corrected chi connectivity index (χ0v) is 21.2. The topological polar surface area (TPSA) is 48.0 Å². The van der Waals surface area contributed by atoms with E-state index in [4.69, 9.17) is 14.2 Å². The van der Waals surface area contributed by atoms with Crippen molar-refractivity contribution < 1.29 is 23.4 Å². The van der Waals surface area contributed by atoms with Gasteiger partial charge in [0.1, 0.15) is 24.6 Å². The van der Waals surface area contributed by atoms with Crippen LogP contribution in [0.2, 0.25) is 0 Å². The summed E-state index contributed by atoms with van der Waals surface area (Å²) in [6, 6.07) is 22.6. The van der Waals surface area contributed by atoms with E-state index in [2.05, 4.69) is 0 Å². The van der Waals surface area contributed by atoms with Gasteiger partial charge in [-0.15, -0.1) is 0 Å². The van der Waals surface area contributed by atoms with Crippen molar-refractivity contribution in [3.8, 4) is 11.5 Å². The monoisotopic (exact) mass is 491 g/mol. The second kappa shape index (κ2) is 11.5. The van der Waals surface area contributed by atoms with Crippen molar-refractivity contribution in [1.29, 1.82) is 0 Å². The zero-order valence-electron chi connectivity index (χ0n) is 21.2. The van der Waals surface area contributed by atoms with E-state index in [1.54, 1.807) is 11.0 Å². The summed E-state index contributed by atoms with van der Waals surface area (Å²) in [6.45, 7) is 7.30. The minimum Gasteiger partial charge on any atom is -0.485 e. The fourth-order valence-corrected chi connectivity index (χ4v) is 4.32. The van der Waals surface area contributed by atoms with Crippen LogP contribution in [0.4, 0.5) is 9.18 Å². The summed E-state index contributed by atoms with van der Waals surface area (Å²) in [5.41, 5.74) is 2.24. The van der Waals surface area contributed by atoms with Crippen molar-refractivity contribution in [2.45, 2.75) is 58.3 Å². The molecule has 0 saturated carbocycles. The van der Waals surface area contributed by atoms with Crippen LogP contribution in [-0.4, -0.2) is 29.7 Å². The number of carbonyl (C=O) groups is 1. The summed E-state index contributed by atoms with van der Waals surface area (Å²) >= 11 is 0. The summed E-state index contributed by atoms with van der Waals surface area (Å²) in [7, 11) is 0. The van der Waals surface area contributed by atoms with Crippen molar-refractivity contribution in [2.24, 2.45) is 0 Å². The van der Waals surface area contributed by atoms with E-state index in [1.165, 1.54) is 6.07 Å². The molecule has 5 nitrogen and oxygen atoms in total. The van der Waals surface area contributed by atoms with Gasteiger partial charge in [0.2, 0.25) is 0 Å². The molecule has 3 aromatic carbocycles. The van der Waals surface area contributed by atoms with Crippen molar-refractivity contribution in [1.82, 2.24) is 4.90 Å². The van der Waals surface area contributed by atoms with Gasteiger partial charge in [0.05, 0.1) is 0 Å². The molecular weight excluding hydrogens is 457 g/mol. The summed E-state index contributed by atoms with van der Waals surface area (Å²) in [5, 5.41) is 0. The highest BCUT2D eigenvalue weighted by molar-refractivity contribution is 5.68. The molecular formula is C30H34FNO4. The van der Waals surface area contributed by atoms with Crippen LogP contribution in [0.25, 0.3) is 0 Å². The van der Waals surface area contributed by atoms with Crippen molar-refractivity contribution in [3.63, 3.8) is 0 Å². The Kier molecular flexibility index (Phi) is 8.14. The second-order valence-electron chi connectivity index (χ2n) is 10.1. The van der Waals surface area contributed by atoms with E-state index in [0.29, 0.717) is 50.6 Å². The zero-order chi connectivity index (χ0) is 25.5. The van der Waals surface area contributed by atoms with Crippen LogP contribution in [0.3, 0.4) is 0 Å². The lowest BCUT2D eigenvalue weighted by Gasteiger charge is -2.34. The minimum absolute atomic E-state index is 0.0317. The third-order valence-electron chi connectivity index (χ3n) is 6.10. The molecule has 1 heterocycles. The first-order chi connectivity index (χ1) is 17.3. The largest absolute Gasteiger partial charge is 0.485 e. The molecule has 0 spiro atoms. The van der Waals surface area contributed by atoms with Crippen LogP contribution in [-0.2, 0) is 18.0 Å². The van der Waals surface area contributed by atoms with E-state index in [1.807, 2.05) is 81.4 Å². The standard InChI is InChI=1S/C30H34FNO4/c1-30(2,3)36-29(33)32-16-14-24(15-17-32)26-18-25(31)19-27(34-20-22-10-6-4-7-11-22)28(26)35-21-23-12-8-5-9-13-23/h4-13,18-19,24H,14-17,20-21H2,1-3H3. The van der Waals surface area contributed by atoms with Crippen LogP contribution in [0, 0.1) is 5.82 Å². The Morgan fingerprint density at radius 2 is 1.44 bits per heavy atom. The Bertz CT molecular complexity index is 1140. The normalized spacial score (nSPS) is 14.4. The number of likely N-dealkylation sites (tertiary alicyclic amines) is 1. The van der Waals surface area contributed by atoms with Crippen molar-refractivity contribution in [3.05, 3.63) is 95.3 Å². The van der Waals surface area contributed by atoms with Crippen molar-refractivity contribution >= 4 is 6.09 Å². The Balaban J connectivity index is 1.55. The summed E-state index contributed by atoms with van der Waals surface area (Å²) in [5.74, 6) is 0.616. The van der Waals surface area contributed by atoms with Crippen LogP contribution >= 0.6 is 0 Å². The minimum atomic E-state index is -0.542. The molecule has 1 amide bonds. The van der Waals surface area contributed by atoms with E-state index >= 15 is 0 Å². The molecule has 0 radical (unpaired) electrons. The van der Waals surface area contributed by atoms with Gasteiger partial charge in [-0.3, -0.25) is 0 Å². The molecule has 4 rings (SSSR count). The molecule has 1 fully saturated rings. The number of rotatable bonds is 7. The molecule has 190 valence electrons. The fraction of sp³-hybridized carbons (Fsp3) is 0.367. The van der Waals surface area contributed by atoms with Gasteiger partial charge in [-0.2, -0.15) is 0 Å². The summed E-state index contributed by atoms with van der Waals surface area (Å²) in [4.78, 5) is 14.2. The van der Waals surface area contributed by atoms with Gasteiger partial charge >= 0.3 is 6.09 Å². The number of benzene rings is 3. The molecule has 0 atom stereocenters. The molecule has 0 bridgehead atoms. The smallest absolute Gasteiger partial charge is 0.410 e. The number of halogens is 1. The predicted molar refractivity (Wildman–Crippen MR) is 138 cm³/mol. The van der Waals surface area contributed by atoms with Crippen LogP contribution < -0.4 is 9.47 Å². The number of ether oxygens (including phenoxy) is 3. The molecule has 1 aliphatic heterocycles. The van der Waals surface area contributed by atoms with Gasteiger partial charge in [-0.05, 0) is 56.7 Å². The highest BCUT2D eigenvalue weighted by Gasteiger charge is 2.30. The lowest BCUT2D eigenvalue weighted by atomic mass is 9.88. The number of carbonyl (C=O) groups excluding carboxylic acids is 1. The Morgan fingerprint density at radius 3 is 2.00 bits per heavy atom. The quantitative estimate of drug-likeness (QED) is 0.354. The molecule has 1 saturated heterocycles. The molecule has 36 heavy (non-hydrogen) atoms. The number of amides is 1. The number of nitrogens with zero attached hydrogens (tertiary/aromatic N) is 1. The third-order valence-corrected chi connectivity index (χ3v) is 6.10. The van der Waals surface area contributed by atoms with Crippen LogP contribution in [0.1, 0.15) is 56.2 Å². The van der Waals surface area contributed by atoms with E-state index in [-0.39, 0.29) is 17.8 Å². The van der Waals surface area contributed by atoms with Gasteiger partial charge in [0, 0.05) is 24.7 Å². The SMILES string of the molecule is CC(C)(C)OC(=O)N1CCC(c2cc(F)cc(OCc3ccccc3)c2OCc2ccccc2)CC1. The van der Waals surface area contributed by atoms with Crippen LogP contribution in [0.5, 0.6) is 11.5 Å². The molecule has 1 aliphatic rings. The summed E-state index contributed by atoms with van der Waals surface area (Å²) < 4.78 is 32.7. The molecule has 0 unspecified atom stereocenters. The number of piperidine rings is 1. The van der Waals surface area contributed by atoms with E-state index in [9.17, 15) is 9.18 Å². The second-order valence-corrected chi connectivity index (χ2v) is 10.1. The van der Waals surface area contributed by atoms with E-state index in [0.717, 1.165) is 16.7 Å². The predicted octanol–water partition coefficient (Wildman–Crippen LogP) is 7.10. The van der Waals surface area contributed by atoms with E-state index < -0.39 is 5.60 Å². The average Bonchev–Trinajstić information content (AvgIpc) is 2.87. The Morgan fingerprint density at radius 1 is 0.889 bits per heavy atom. The first kappa shape index (κ1) is 25.5. The van der Waals surface area contributed by atoms with Gasteiger partial charge in [-0.25, -0.2) is 9.18 Å². The highest BCUT2D eigenvalue weighted by atomic mass is 19.1. The Labute approximate surface area is 212 Å². The average molecular weight is 492 g/mol. The lowest BCUT2D eigenvalue weighted by Crippen LogP contribution is -2.41. The highest BCUT2D eigenvalue weighted by Crippen LogP contribution is 2.42. The molecule has 0 aliphatic carbocycles. The maximum atomic E-state index is 14.8. The molecule has 3 aromatic rings. The summed E-state index contributed by atoms with van der Waals surface area (Å²) in [6.07, 6.45) is 1.05. The number of hydrogen-bond donors (Lipinski definition) is 0. The molecule has 0 N–H and O–H groups in total. The Hall–Kier alpha value is -3.54. The fourth-order valence-electron chi connectivity index (χ4n) is 4.32. The first-order valence-corrected chi connectivity index (χ1v) is 12.4. The maximum absolute atomic E-state index is 14.8. The maximum Gasteiger partial charge on any atom is 0.410 e. The van der Waals surface area contributed by atoms with Gasteiger partial charge in [-0.1, -0.05) is 60.7 Å².